The van der Waals surface area contributed by atoms with Crippen molar-refractivity contribution in [3.8, 4) is 17.2 Å². The average molecular weight is 409 g/mol. The van der Waals surface area contributed by atoms with Crippen LogP contribution in [0.3, 0.4) is 0 Å². The second-order valence-electron chi connectivity index (χ2n) is 6.28. The van der Waals surface area contributed by atoms with Gasteiger partial charge in [-0.05, 0) is 71.8 Å². The Kier molecular flexibility index (Phi) is 7.89. The first-order chi connectivity index (χ1) is 12.1. The molecule has 0 fully saturated rings. The number of hydrogen-bond donors (Lipinski definition) is 0. The van der Waals surface area contributed by atoms with E-state index in [0.29, 0.717) is 0 Å². The number of unbranched alkanes of at least 4 members (excludes halogenated alkanes) is 2. The van der Waals surface area contributed by atoms with Crippen LogP contribution in [0, 0.1) is 0 Å². The zero-order valence-electron chi connectivity index (χ0n) is 15.7. The summed E-state index contributed by atoms with van der Waals surface area (Å²) in [5.74, 6) is 2.41. The second-order valence-corrected chi connectivity index (χ2v) is 7.57. The standard InChI is InChI=1S/C21H29BrO3/c1-5-7-8-9-17(6-2)25-18-11-12-19-16(14-18)10-13-20(21(19)23-4)24-15(3)22/h10-15,17H,5-9H2,1-4H3. The summed E-state index contributed by atoms with van der Waals surface area (Å²) in [5.41, 5.74) is 0. The maximum atomic E-state index is 6.21. The van der Waals surface area contributed by atoms with Crippen LogP contribution in [0.15, 0.2) is 30.3 Å². The largest absolute Gasteiger partial charge is 0.492 e. The van der Waals surface area contributed by atoms with Crippen LogP contribution in [0.25, 0.3) is 10.8 Å². The molecule has 2 aromatic carbocycles. The van der Waals surface area contributed by atoms with Crippen LogP contribution in [0.5, 0.6) is 17.2 Å². The van der Waals surface area contributed by atoms with Crippen molar-refractivity contribution in [1.82, 2.24) is 0 Å². The molecule has 0 aliphatic rings. The molecule has 25 heavy (non-hydrogen) atoms. The summed E-state index contributed by atoms with van der Waals surface area (Å²) < 4.78 is 17.6. The van der Waals surface area contributed by atoms with E-state index in [9.17, 15) is 0 Å². The van der Waals surface area contributed by atoms with Gasteiger partial charge in [-0.15, -0.1) is 0 Å². The fourth-order valence-corrected chi connectivity index (χ4v) is 3.17. The molecule has 3 nitrogen and oxygen atoms in total. The Morgan fingerprint density at radius 3 is 2.48 bits per heavy atom. The van der Waals surface area contributed by atoms with Crippen LogP contribution >= 0.6 is 15.9 Å². The van der Waals surface area contributed by atoms with Gasteiger partial charge in [-0.3, -0.25) is 0 Å². The number of alkyl halides is 1. The Hall–Kier alpha value is -1.42. The maximum Gasteiger partial charge on any atom is 0.168 e. The fourth-order valence-electron chi connectivity index (χ4n) is 2.97. The van der Waals surface area contributed by atoms with Crippen LogP contribution in [-0.2, 0) is 0 Å². The topological polar surface area (TPSA) is 27.7 Å². The van der Waals surface area contributed by atoms with Crippen molar-refractivity contribution in [2.45, 2.75) is 64.0 Å². The van der Waals surface area contributed by atoms with Crippen molar-refractivity contribution in [3.05, 3.63) is 30.3 Å². The first kappa shape index (κ1) is 19.9. The van der Waals surface area contributed by atoms with Crippen LogP contribution in [0.4, 0.5) is 0 Å². The molecule has 0 spiro atoms. The lowest BCUT2D eigenvalue weighted by Gasteiger charge is -2.19. The molecule has 2 atom stereocenters. The highest BCUT2D eigenvalue weighted by Crippen LogP contribution is 2.38. The second kappa shape index (κ2) is 9.91. The van der Waals surface area contributed by atoms with Gasteiger partial charge in [0.2, 0.25) is 0 Å². The number of hydrogen-bond acceptors (Lipinski definition) is 3. The molecule has 0 radical (unpaired) electrons. The van der Waals surface area contributed by atoms with E-state index in [1.54, 1.807) is 7.11 Å². The first-order valence-corrected chi connectivity index (χ1v) is 10.1. The molecule has 0 saturated carbocycles. The lowest BCUT2D eigenvalue weighted by atomic mass is 10.1. The molecular weight excluding hydrogens is 380 g/mol. The van der Waals surface area contributed by atoms with Crippen molar-refractivity contribution in [1.29, 1.82) is 0 Å². The Morgan fingerprint density at radius 2 is 1.84 bits per heavy atom. The summed E-state index contributed by atoms with van der Waals surface area (Å²) in [7, 11) is 1.67. The lowest BCUT2D eigenvalue weighted by Crippen LogP contribution is -2.15. The van der Waals surface area contributed by atoms with Crippen molar-refractivity contribution < 1.29 is 14.2 Å². The van der Waals surface area contributed by atoms with E-state index in [2.05, 4.69) is 35.8 Å². The zero-order chi connectivity index (χ0) is 18.2. The van der Waals surface area contributed by atoms with E-state index in [1.807, 2.05) is 31.2 Å². The summed E-state index contributed by atoms with van der Waals surface area (Å²) in [4.78, 5) is 0. The number of rotatable bonds is 10. The van der Waals surface area contributed by atoms with E-state index in [4.69, 9.17) is 14.2 Å². The highest BCUT2D eigenvalue weighted by molar-refractivity contribution is 9.09. The fraction of sp³-hybridized carbons (Fsp3) is 0.524. The van der Waals surface area contributed by atoms with E-state index in [-0.39, 0.29) is 11.1 Å². The molecule has 0 heterocycles. The lowest BCUT2D eigenvalue weighted by molar-refractivity contribution is 0.183. The first-order valence-electron chi connectivity index (χ1n) is 9.17. The van der Waals surface area contributed by atoms with Gasteiger partial charge < -0.3 is 14.2 Å². The van der Waals surface area contributed by atoms with Gasteiger partial charge in [-0.1, -0.05) is 32.8 Å². The third-order valence-corrected chi connectivity index (χ3v) is 4.47. The average Bonchev–Trinajstić information content (AvgIpc) is 2.60. The van der Waals surface area contributed by atoms with Gasteiger partial charge in [0.1, 0.15) is 5.75 Å². The van der Waals surface area contributed by atoms with Crippen molar-refractivity contribution in [2.24, 2.45) is 0 Å². The number of benzene rings is 2. The summed E-state index contributed by atoms with van der Waals surface area (Å²) >= 11 is 3.41. The molecule has 2 rings (SSSR count). The van der Waals surface area contributed by atoms with Gasteiger partial charge in [0, 0.05) is 5.39 Å². The number of halogens is 1. The van der Waals surface area contributed by atoms with Gasteiger partial charge in [-0.25, -0.2) is 0 Å². The molecule has 4 heteroatoms. The number of ether oxygens (including phenoxy) is 3. The smallest absolute Gasteiger partial charge is 0.168 e. The van der Waals surface area contributed by atoms with E-state index >= 15 is 0 Å². The predicted molar refractivity (Wildman–Crippen MR) is 108 cm³/mol. The minimum atomic E-state index is -0.0742. The summed E-state index contributed by atoms with van der Waals surface area (Å²) in [6, 6.07) is 10.2. The maximum absolute atomic E-state index is 6.21. The van der Waals surface area contributed by atoms with Crippen LogP contribution in [-0.4, -0.2) is 18.2 Å². The van der Waals surface area contributed by atoms with E-state index < -0.39 is 0 Å². The Labute approximate surface area is 159 Å². The van der Waals surface area contributed by atoms with Crippen LogP contribution in [0.1, 0.15) is 52.9 Å². The van der Waals surface area contributed by atoms with Gasteiger partial charge in [0.25, 0.3) is 0 Å². The van der Waals surface area contributed by atoms with Gasteiger partial charge >= 0.3 is 0 Å². The highest BCUT2D eigenvalue weighted by Gasteiger charge is 2.13. The Bertz CT molecular complexity index is 669. The summed E-state index contributed by atoms with van der Waals surface area (Å²) in [6.45, 7) is 6.35. The highest BCUT2D eigenvalue weighted by atomic mass is 79.9. The molecule has 2 aromatic rings. The van der Waals surface area contributed by atoms with Crippen LogP contribution < -0.4 is 14.2 Å². The number of fused-ring (bicyclic) bond motifs is 1. The minimum Gasteiger partial charge on any atom is -0.492 e. The van der Waals surface area contributed by atoms with Gasteiger partial charge in [-0.2, -0.15) is 0 Å². The molecule has 2 unspecified atom stereocenters. The third kappa shape index (κ3) is 5.53. The number of methoxy groups -OCH3 is 1. The molecule has 0 aliphatic carbocycles. The molecule has 0 bridgehead atoms. The SMILES string of the molecule is CCCCCC(CC)Oc1ccc2c(OC)c(OC(C)Br)ccc2c1. The zero-order valence-corrected chi connectivity index (χ0v) is 17.3. The third-order valence-electron chi connectivity index (χ3n) is 4.29. The van der Waals surface area contributed by atoms with Crippen molar-refractivity contribution in [3.63, 3.8) is 0 Å². The van der Waals surface area contributed by atoms with E-state index in [0.717, 1.165) is 40.9 Å². The Balaban J connectivity index is 2.21. The van der Waals surface area contributed by atoms with Crippen LogP contribution in [0.2, 0.25) is 0 Å². The Morgan fingerprint density at radius 1 is 1.04 bits per heavy atom. The molecule has 138 valence electrons. The molecule has 0 aliphatic heterocycles. The van der Waals surface area contributed by atoms with Crippen molar-refractivity contribution >= 4 is 26.7 Å². The molecule has 0 amide bonds. The van der Waals surface area contributed by atoms with E-state index in [1.165, 1.54) is 19.3 Å². The molecular formula is C21H29BrO3. The minimum absolute atomic E-state index is 0.0742. The normalized spacial score (nSPS) is 13.5. The molecule has 0 N–H and O–H groups in total. The predicted octanol–water partition coefficient (Wildman–Crippen LogP) is 6.71. The van der Waals surface area contributed by atoms with Gasteiger partial charge in [0.05, 0.1) is 13.2 Å². The quantitative estimate of drug-likeness (QED) is 0.323. The van der Waals surface area contributed by atoms with Gasteiger partial charge in [0.15, 0.2) is 16.5 Å². The van der Waals surface area contributed by atoms with Crippen molar-refractivity contribution in [2.75, 3.05) is 7.11 Å². The molecule has 0 aromatic heterocycles. The molecule has 0 saturated heterocycles. The summed E-state index contributed by atoms with van der Waals surface area (Å²) in [6.07, 6.45) is 6.15. The monoisotopic (exact) mass is 408 g/mol. The summed E-state index contributed by atoms with van der Waals surface area (Å²) in [5, 5.41) is 2.04.